The van der Waals surface area contributed by atoms with E-state index in [4.69, 9.17) is 26.4 Å². The zero-order chi connectivity index (χ0) is 24.4. The summed E-state index contributed by atoms with van der Waals surface area (Å²) in [5.74, 6) is 1.29. The molecule has 4 heterocycles. The molecule has 1 aromatic carbocycles. The number of aromatic nitrogens is 3. The molecule has 0 unspecified atom stereocenters. The second-order valence-electron chi connectivity index (χ2n) is 9.27. The van der Waals surface area contributed by atoms with Crippen molar-refractivity contribution in [2.24, 2.45) is 5.73 Å². The molecule has 0 amide bonds. The topological polar surface area (TPSA) is 140 Å². The van der Waals surface area contributed by atoms with Crippen LogP contribution in [0, 0.1) is 16.7 Å². The highest BCUT2D eigenvalue weighted by atomic mass is 32.1. The fourth-order valence-electron chi connectivity index (χ4n) is 5.31. The van der Waals surface area contributed by atoms with Crippen LogP contribution in [0.25, 0.3) is 22.2 Å². The minimum absolute atomic E-state index is 0.170. The Morgan fingerprint density at radius 3 is 2.80 bits per heavy atom. The Labute approximate surface area is 208 Å². The van der Waals surface area contributed by atoms with Gasteiger partial charge in [-0.15, -0.1) is 11.3 Å². The fourth-order valence-corrected chi connectivity index (χ4v) is 5.88. The lowest BCUT2D eigenvalue weighted by Crippen LogP contribution is -2.47. The second-order valence-corrected chi connectivity index (χ2v) is 9.99. The molecule has 35 heavy (non-hydrogen) atoms. The maximum Gasteiger partial charge on any atom is 0.225 e. The van der Waals surface area contributed by atoms with Crippen molar-refractivity contribution < 1.29 is 0 Å². The van der Waals surface area contributed by atoms with Gasteiger partial charge in [-0.05, 0) is 50.8 Å². The summed E-state index contributed by atoms with van der Waals surface area (Å²) < 4.78 is 0. The summed E-state index contributed by atoms with van der Waals surface area (Å²) in [5, 5.41) is 26.8. The van der Waals surface area contributed by atoms with Gasteiger partial charge in [0.25, 0.3) is 0 Å². The van der Waals surface area contributed by atoms with E-state index in [0.717, 1.165) is 41.5 Å². The van der Waals surface area contributed by atoms with Crippen molar-refractivity contribution >= 4 is 39.8 Å². The molecule has 0 spiro atoms. The van der Waals surface area contributed by atoms with Crippen molar-refractivity contribution in [3.8, 4) is 17.3 Å². The minimum Gasteiger partial charge on any atom is -0.402 e. The lowest BCUT2D eigenvalue weighted by molar-refractivity contribution is 0.135. The molecular weight excluding hydrogens is 458 g/mol. The van der Waals surface area contributed by atoms with Crippen LogP contribution in [-0.2, 0) is 0 Å². The summed E-state index contributed by atoms with van der Waals surface area (Å²) >= 11 is 1.56. The highest BCUT2D eigenvalue weighted by molar-refractivity contribution is 7.07. The van der Waals surface area contributed by atoms with Crippen LogP contribution in [0.1, 0.15) is 39.0 Å². The van der Waals surface area contributed by atoms with E-state index in [-0.39, 0.29) is 11.9 Å². The molecule has 180 valence electrons. The van der Waals surface area contributed by atoms with Gasteiger partial charge in [0.2, 0.25) is 5.95 Å². The summed E-state index contributed by atoms with van der Waals surface area (Å²) in [5.41, 5.74) is 10.8. The maximum absolute atomic E-state index is 9.00. The summed E-state index contributed by atoms with van der Waals surface area (Å²) in [7, 11) is 0. The zero-order valence-electron chi connectivity index (χ0n) is 19.7. The predicted molar refractivity (Wildman–Crippen MR) is 140 cm³/mol. The third-order valence-electron chi connectivity index (χ3n) is 6.75. The van der Waals surface area contributed by atoms with Crippen LogP contribution >= 0.6 is 11.3 Å². The van der Waals surface area contributed by atoms with Gasteiger partial charge >= 0.3 is 0 Å². The largest absolute Gasteiger partial charge is 0.402 e. The van der Waals surface area contributed by atoms with Crippen molar-refractivity contribution in [2.75, 3.05) is 17.2 Å². The number of anilines is 2. The number of amidine groups is 1. The lowest BCUT2D eigenvalue weighted by atomic mass is 9.97. The Morgan fingerprint density at radius 1 is 1.31 bits per heavy atom. The number of nitrogens with zero attached hydrogens (tertiary/aromatic N) is 5. The van der Waals surface area contributed by atoms with Crippen molar-refractivity contribution in [1.82, 2.24) is 19.9 Å². The first kappa shape index (κ1) is 23.2. The Bertz CT molecular complexity index is 1280. The minimum atomic E-state index is 0.170. The molecule has 0 aliphatic carbocycles. The molecular formula is C25H29N9S. The molecule has 5 N–H and O–H groups in total. The molecule has 9 nitrogen and oxygen atoms in total. The number of thiazole rings is 1. The first-order valence-electron chi connectivity index (χ1n) is 11.9. The average molecular weight is 488 g/mol. The Hall–Kier alpha value is -3.55. The molecule has 2 aromatic heterocycles. The van der Waals surface area contributed by atoms with Crippen LogP contribution in [0.5, 0.6) is 0 Å². The van der Waals surface area contributed by atoms with Crippen LogP contribution in [0.15, 0.2) is 40.9 Å². The van der Waals surface area contributed by atoms with Crippen molar-refractivity contribution in [3.63, 3.8) is 0 Å². The number of hydrogen-bond donors (Lipinski definition) is 4. The van der Waals surface area contributed by atoms with Gasteiger partial charge in [-0.2, -0.15) is 10.2 Å². The van der Waals surface area contributed by atoms with E-state index < -0.39 is 0 Å². The highest BCUT2D eigenvalue weighted by Gasteiger charge is 2.40. The zero-order valence-corrected chi connectivity index (χ0v) is 20.5. The number of nitriles is 1. The number of allylic oxidation sites excluding steroid dienone is 1. The highest BCUT2D eigenvalue weighted by Crippen LogP contribution is 2.37. The molecule has 5 rings (SSSR count). The van der Waals surface area contributed by atoms with E-state index in [1.165, 1.54) is 12.8 Å². The summed E-state index contributed by atoms with van der Waals surface area (Å²) in [4.78, 5) is 16.6. The van der Waals surface area contributed by atoms with Crippen LogP contribution < -0.4 is 16.4 Å². The quantitative estimate of drug-likeness (QED) is 0.285. The van der Waals surface area contributed by atoms with Gasteiger partial charge in [0.15, 0.2) is 0 Å². The van der Waals surface area contributed by atoms with E-state index >= 15 is 0 Å². The fraction of sp³-hybridized carbons (Fsp3) is 0.400. The Morgan fingerprint density at radius 2 is 2.11 bits per heavy atom. The van der Waals surface area contributed by atoms with Crippen LogP contribution in [-0.4, -0.2) is 50.4 Å². The van der Waals surface area contributed by atoms with Gasteiger partial charge in [-0.1, -0.05) is 6.07 Å². The third kappa shape index (κ3) is 5.11. The van der Waals surface area contributed by atoms with Crippen molar-refractivity contribution in [3.05, 3.63) is 40.9 Å². The number of benzene rings is 1. The summed E-state index contributed by atoms with van der Waals surface area (Å²) in [6, 6.07) is 9.54. The first-order valence-corrected chi connectivity index (χ1v) is 12.8. The molecule has 2 fully saturated rings. The van der Waals surface area contributed by atoms with E-state index in [0.29, 0.717) is 36.0 Å². The molecule has 0 radical (unpaired) electrons. The van der Waals surface area contributed by atoms with Gasteiger partial charge in [0.05, 0.1) is 22.8 Å². The first-order chi connectivity index (χ1) is 17.0. The Balaban J connectivity index is 1.44. The number of nitrogens with two attached hydrogens (primary N) is 1. The van der Waals surface area contributed by atoms with Gasteiger partial charge in [-0.25, -0.2) is 9.97 Å². The van der Waals surface area contributed by atoms with Gasteiger partial charge in [0, 0.05) is 53.1 Å². The lowest BCUT2D eigenvalue weighted by Gasteiger charge is -2.38. The second kappa shape index (κ2) is 9.98. The average Bonchev–Trinajstić information content (AvgIpc) is 3.43. The molecule has 2 aliphatic rings. The van der Waals surface area contributed by atoms with E-state index in [9.17, 15) is 0 Å². The number of nitrogens with one attached hydrogen (secondary N) is 3. The molecule has 3 aromatic rings. The standard InChI is InChI=1S/C25H29N9S/c1-15(27)9-23(28)32-24-20-6-3-16(22-13-35-14-29-22)10-21(20)31-25(33-24)30-17-11-18-4-5-19(12-17)34(18)8-2-7-26/h3,6,9-10,13-14,17-19H,2,4-5,8,11-12,27H2,1H3,(H3,28,30,31,32,33)/b15-9-/t17-,18-,19+. The number of fused-ring (bicyclic) bond motifs is 3. The van der Waals surface area contributed by atoms with E-state index in [1.807, 2.05) is 29.1 Å². The van der Waals surface area contributed by atoms with Crippen LogP contribution in [0.4, 0.5) is 11.8 Å². The number of piperidine rings is 1. The van der Waals surface area contributed by atoms with E-state index in [2.05, 4.69) is 26.6 Å². The van der Waals surface area contributed by atoms with Crippen molar-refractivity contribution in [1.29, 1.82) is 10.7 Å². The third-order valence-corrected chi connectivity index (χ3v) is 7.34. The monoisotopic (exact) mass is 487 g/mol. The van der Waals surface area contributed by atoms with Gasteiger partial charge < -0.3 is 16.4 Å². The van der Waals surface area contributed by atoms with Gasteiger partial charge in [0.1, 0.15) is 11.7 Å². The normalized spacial score (nSPS) is 22.2. The number of rotatable bonds is 7. The smallest absolute Gasteiger partial charge is 0.225 e. The van der Waals surface area contributed by atoms with Crippen LogP contribution in [0.3, 0.4) is 0 Å². The molecule has 2 bridgehead atoms. The summed E-state index contributed by atoms with van der Waals surface area (Å²) in [6.45, 7) is 2.60. The molecule has 10 heteroatoms. The molecule has 3 atom stereocenters. The summed E-state index contributed by atoms with van der Waals surface area (Å²) in [6.07, 6.45) is 6.53. The molecule has 0 saturated carbocycles. The van der Waals surface area contributed by atoms with Crippen molar-refractivity contribution in [2.45, 2.75) is 57.2 Å². The SMILES string of the molecule is C/C(N)=C/C(=N)Nc1nc(N[C@@H]2C[C@H]3CC[C@@H](C2)N3CCC#N)nc2cc(-c3cscn3)ccc12. The van der Waals surface area contributed by atoms with Crippen LogP contribution in [0.2, 0.25) is 0 Å². The Kier molecular flexibility index (Phi) is 6.61. The predicted octanol–water partition coefficient (Wildman–Crippen LogP) is 4.33. The molecule has 2 saturated heterocycles. The maximum atomic E-state index is 9.00. The molecule has 2 aliphatic heterocycles. The van der Waals surface area contributed by atoms with Gasteiger partial charge in [-0.3, -0.25) is 10.3 Å². The van der Waals surface area contributed by atoms with E-state index in [1.54, 1.807) is 24.3 Å². The number of hydrogen-bond acceptors (Lipinski definition) is 9.